The van der Waals surface area contributed by atoms with Gasteiger partial charge in [0.2, 0.25) is 0 Å². The smallest absolute Gasteiger partial charge is 0.410 e. The normalized spacial score (nSPS) is 12.1. The molecule has 0 spiro atoms. The number of ether oxygens (including phenoxy) is 1. The molecule has 0 aromatic heterocycles. The number of rotatable bonds is 6. The zero-order valence-electron chi connectivity index (χ0n) is 12.3. The largest absolute Gasteiger partial charge is 0.444 e. The Morgan fingerprint density at radius 1 is 1.33 bits per heavy atom. The van der Waals surface area contributed by atoms with Crippen LogP contribution in [0, 0.1) is 5.41 Å². The van der Waals surface area contributed by atoms with Gasteiger partial charge in [-0.15, -0.1) is 6.58 Å². The van der Waals surface area contributed by atoms with Crippen LogP contribution in [0.2, 0.25) is 0 Å². The van der Waals surface area contributed by atoms with Crippen molar-refractivity contribution in [3.05, 3.63) is 12.7 Å². The van der Waals surface area contributed by atoms with E-state index in [1.165, 1.54) is 0 Å². The molecule has 0 aromatic carbocycles. The number of aliphatic hydroxyl groups is 1. The Hall–Kier alpha value is -1.03. The molecular weight excluding hydrogens is 230 g/mol. The molecule has 0 aliphatic rings. The van der Waals surface area contributed by atoms with Crippen LogP contribution in [-0.2, 0) is 4.74 Å². The van der Waals surface area contributed by atoms with E-state index in [1.807, 2.05) is 34.6 Å². The first-order valence-corrected chi connectivity index (χ1v) is 6.31. The van der Waals surface area contributed by atoms with E-state index in [2.05, 4.69) is 6.58 Å². The maximum absolute atomic E-state index is 11.9. The zero-order valence-corrected chi connectivity index (χ0v) is 12.3. The molecule has 106 valence electrons. The van der Waals surface area contributed by atoms with Gasteiger partial charge in [0, 0.05) is 19.7 Å². The highest BCUT2D eigenvalue weighted by molar-refractivity contribution is 5.68. The highest BCUT2D eigenvalue weighted by Crippen LogP contribution is 2.20. The van der Waals surface area contributed by atoms with Gasteiger partial charge in [-0.25, -0.2) is 4.79 Å². The van der Waals surface area contributed by atoms with Gasteiger partial charge in [-0.1, -0.05) is 19.9 Å². The van der Waals surface area contributed by atoms with Crippen LogP contribution in [0.25, 0.3) is 0 Å². The topological polar surface area (TPSA) is 49.8 Å². The summed E-state index contributed by atoms with van der Waals surface area (Å²) in [5, 5.41) is 9.21. The average molecular weight is 257 g/mol. The minimum absolute atomic E-state index is 0.100. The number of nitrogens with zero attached hydrogens (tertiary/aromatic N) is 1. The summed E-state index contributed by atoms with van der Waals surface area (Å²) in [6, 6.07) is 0. The lowest BCUT2D eigenvalue weighted by molar-refractivity contribution is 0.0238. The third-order valence-electron chi connectivity index (χ3n) is 2.49. The van der Waals surface area contributed by atoms with Crippen molar-refractivity contribution < 1.29 is 14.6 Å². The van der Waals surface area contributed by atoms with E-state index in [9.17, 15) is 9.90 Å². The van der Waals surface area contributed by atoms with Gasteiger partial charge in [0.05, 0.1) is 0 Å². The standard InChI is InChI=1S/C14H27NO3/c1-7-9-15(10-8-14(5,6)11-16)12(17)18-13(2,3)4/h7,16H,1,8-11H2,2-6H3. The van der Waals surface area contributed by atoms with Crippen molar-refractivity contribution in [2.75, 3.05) is 19.7 Å². The molecule has 0 bridgehead atoms. The molecule has 0 atom stereocenters. The van der Waals surface area contributed by atoms with Gasteiger partial charge in [0.1, 0.15) is 5.60 Å². The van der Waals surface area contributed by atoms with Gasteiger partial charge in [-0.05, 0) is 32.6 Å². The van der Waals surface area contributed by atoms with Crippen molar-refractivity contribution in [2.45, 2.75) is 46.6 Å². The molecule has 0 aliphatic carbocycles. The molecule has 0 saturated heterocycles. The third kappa shape index (κ3) is 7.33. The number of carbonyl (C=O) groups is 1. The summed E-state index contributed by atoms with van der Waals surface area (Å²) >= 11 is 0. The van der Waals surface area contributed by atoms with Crippen LogP contribution in [0.3, 0.4) is 0 Å². The Morgan fingerprint density at radius 3 is 2.28 bits per heavy atom. The Balaban J connectivity index is 4.47. The molecule has 1 N–H and O–H groups in total. The molecule has 18 heavy (non-hydrogen) atoms. The van der Waals surface area contributed by atoms with Crippen LogP contribution in [0.1, 0.15) is 41.0 Å². The Kier molecular flexibility index (Phi) is 6.39. The lowest BCUT2D eigenvalue weighted by atomic mass is 9.90. The predicted molar refractivity (Wildman–Crippen MR) is 73.5 cm³/mol. The van der Waals surface area contributed by atoms with E-state index in [0.717, 1.165) is 6.42 Å². The Bertz CT molecular complexity index is 279. The lowest BCUT2D eigenvalue weighted by Gasteiger charge is -2.29. The van der Waals surface area contributed by atoms with E-state index >= 15 is 0 Å². The molecule has 4 nitrogen and oxygen atoms in total. The summed E-state index contributed by atoms with van der Waals surface area (Å²) in [5.41, 5.74) is -0.690. The summed E-state index contributed by atoms with van der Waals surface area (Å²) in [4.78, 5) is 13.6. The maximum atomic E-state index is 11.9. The van der Waals surface area contributed by atoms with Crippen LogP contribution in [0.5, 0.6) is 0 Å². The molecule has 0 aliphatic heterocycles. The van der Waals surface area contributed by atoms with Crippen molar-refractivity contribution in [2.24, 2.45) is 5.41 Å². The molecule has 0 radical (unpaired) electrons. The molecule has 0 rings (SSSR count). The van der Waals surface area contributed by atoms with Gasteiger partial charge >= 0.3 is 6.09 Å². The highest BCUT2D eigenvalue weighted by atomic mass is 16.6. The van der Waals surface area contributed by atoms with Crippen molar-refractivity contribution in [3.8, 4) is 0 Å². The van der Waals surface area contributed by atoms with E-state index in [-0.39, 0.29) is 18.1 Å². The lowest BCUT2D eigenvalue weighted by Crippen LogP contribution is -2.39. The van der Waals surface area contributed by atoms with Gasteiger partial charge in [0.25, 0.3) is 0 Å². The van der Waals surface area contributed by atoms with Gasteiger partial charge < -0.3 is 14.7 Å². The average Bonchev–Trinajstić information content (AvgIpc) is 2.21. The van der Waals surface area contributed by atoms with E-state index in [4.69, 9.17) is 4.74 Å². The minimum Gasteiger partial charge on any atom is -0.444 e. The van der Waals surface area contributed by atoms with Gasteiger partial charge in [0.15, 0.2) is 0 Å². The highest BCUT2D eigenvalue weighted by Gasteiger charge is 2.24. The number of amides is 1. The van der Waals surface area contributed by atoms with Gasteiger partial charge in [-0.3, -0.25) is 0 Å². The molecule has 4 heteroatoms. The fourth-order valence-corrected chi connectivity index (χ4v) is 1.26. The maximum Gasteiger partial charge on any atom is 0.410 e. The fourth-order valence-electron chi connectivity index (χ4n) is 1.26. The first kappa shape index (κ1) is 17.0. The number of hydrogen-bond acceptors (Lipinski definition) is 3. The van der Waals surface area contributed by atoms with Crippen LogP contribution in [0.4, 0.5) is 4.79 Å². The number of aliphatic hydroxyl groups excluding tert-OH is 1. The van der Waals surface area contributed by atoms with Crippen LogP contribution in [-0.4, -0.2) is 41.4 Å². The molecular formula is C14H27NO3. The zero-order chi connectivity index (χ0) is 14.4. The summed E-state index contributed by atoms with van der Waals surface area (Å²) in [7, 11) is 0. The second-order valence-corrected chi connectivity index (χ2v) is 6.29. The molecule has 0 aromatic rings. The fraction of sp³-hybridized carbons (Fsp3) is 0.786. The quantitative estimate of drug-likeness (QED) is 0.744. The van der Waals surface area contributed by atoms with E-state index in [0.29, 0.717) is 13.1 Å². The monoisotopic (exact) mass is 257 g/mol. The van der Waals surface area contributed by atoms with Crippen LogP contribution < -0.4 is 0 Å². The molecule has 1 amide bonds. The Morgan fingerprint density at radius 2 is 1.89 bits per heavy atom. The SMILES string of the molecule is C=CCN(CCC(C)(C)CO)C(=O)OC(C)(C)C. The number of carbonyl (C=O) groups excluding carboxylic acids is 1. The second kappa shape index (κ2) is 6.78. The summed E-state index contributed by atoms with van der Waals surface area (Å²) < 4.78 is 5.33. The molecule has 0 saturated carbocycles. The molecule has 0 fully saturated rings. The van der Waals surface area contributed by atoms with Crippen molar-refractivity contribution in [1.29, 1.82) is 0 Å². The summed E-state index contributed by atoms with van der Waals surface area (Å²) in [5.74, 6) is 0. The summed E-state index contributed by atoms with van der Waals surface area (Å²) in [6.45, 7) is 14.2. The van der Waals surface area contributed by atoms with Crippen LogP contribution in [0.15, 0.2) is 12.7 Å². The third-order valence-corrected chi connectivity index (χ3v) is 2.49. The molecule has 0 unspecified atom stereocenters. The van der Waals surface area contributed by atoms with Crippen molar-refractivity contribution in [1.82, 2.24) is 4.90 Å². The Labute approximate surface area is 111 Å². The summed E-state index contributed by atoms with van der Waals surface area (Å²) in [6.07, 6.45) is 2.06. The predicted octanol–water partition coefficient (Wildman–Crippen LogP) is 2.82. The van der Waals surface area contributed by atoms with Crippen molar-refractivity contribution >= 4 is 6.09 Å². The van der Waals surface area contributed by atoms with E-state index in [1.54, 1.807) is 11.0 Å². The van der Waals surface area contributed by atoms with Crippen LogP contribution >= 0.6 is 0 Å². The van der Waals surface area contributed by atoms with E-state index < -0.39 is 5.60 Å². The minimum atomic E-state index is -0.497. The number of hydrogen-bond donors (Lipinski definition) is 1. The van der Waals surface area contributed by atoms with Gasteiger partial charge in [-0.2, -0.15) is 0 Å². The molecule has 0 heterocycles. The first-order chi connectivity index (χ1) is 8.11. The van der Waals surface area contributed by atoms with Crippen molar-refractivity contribution in [3.63, 3.8) is 0 Å². The first-order valence-electron chi connectivity index (χ1n) is 6.31. The second-order valence-electron chi connectivity index (χ2n) is 6.29.